The summed E-state index contributed by atoms with van der Waals surface area (Å²) in [6.45, 7) is 5.16. The molecule has 196 valence electrons. The standard InChI is InChI=1S/C22H37N7O5S/c1-5-11-35(33,34)28-18(14(3)6-2)21(31)27-17(13-29(4)22(25)32)20(30)26-12-15-7-9-16(10-8-15)19(23)24/h7-10,14,17-18,28H,5-6,11-13H2,1-4H3,(H3,23,24)(H2,25,32)(H,26,30)(H,27,31)/t14?,17-,18+/m0/s1. The van der Waals surface area contributed by atoms with Gasteiger partial charge in [-0.25, -0.2) is 17.9 Å². The number of nitrogen functional groups attached to an aromatic ring is 1. The molecule has 0 saturated heterocycles. The van der Waals surface area contributed by atoms with Crippen LogP contribution in [0, 0.1) is 11.3 Å². The molecule has 0 aliphatic rings. The third kappa shape index (κ3) is 9.91. The molecule has 0 fully saturated rings. The fraction of sp³-hybridized carbons (Fsp3) is 0.545. The Bertz CT molecular complexity index is 998. The molecule has 1 aromatic rings. The zero-order chi connectivity index (χ0) is 26.8. The van der Waals surface area contributed by atoms with Crippen LogP contribution in [-0.2, 0) is 26.2 Å². The van der Waals surface area contributed by atoms with Crippen LogP contribution in [0.15, 0.2) is 24.3 Å². The minimum Gasteiger partial charge on any atom is -0.384 e. The average Bonchev–Trinajstić information content (AvgIpc) is 2.79. The number of urea groups is 1. The number of carbonyl (C=O) groups is 3. The molecule has 4 amide bonds. The quantitative estimate of drug-likeness (QED) is 0.148. The Morgan fingerprint density at radius 2 is 1.69 bits per heavy atom. The number of amides is 4. The van der Waals surface area contributed by atoms with Crippen molar-refractivity contribution in [3.05, 3.63) is 35.4 Å². The predicted octanol–water partition coefficient (Wildman–Crippen LogP) is -0.174. The largest absolute Gasteiger partial charge is 0.384 e. The molecule has 12 nitrogen and oxygen atoms in total. The van der Waals surface area contributed by atoms with Crippen molar-refractivity contribution >= 4 is 33.7 Å². The molecule has 1 unspecified atom stereocenters. The highest BCUT2D eigenvalue weighted by Gasteiger charge is 2.32. The van der Waals surface area contributed by atoms with Crippen LogP contribution in [0.1, 0.15) is 44.7 Å². The van der Waals surface area contributed by atoms with Gasteiger partial charge < -0.3 is 27.0 Å². The average molecular weight is 512 g/mol. The van der Waals surface area contributed by atoms with Crippen LogP contribution >= 0.6 is 0 Å². The van der Waals surface area contributed by atoms with E-state index in [1.165, 1.54) is 7.05 Å². The fourth-order valence-electron chi connectivity index (χ4n) is 3.12. The summed E-state index contributed by atoms with van der Waals surface area (Å²) in [6.07, 6.45) is 0.896. The molecule has 13 heteroatoms. The Hall–Kier alpha value is -3.19. The minimum absolute atomic E-state index is 0.0803. The van der Waals surface area contributed by atoms with E-state index >= 15 is 0 Å². The first-order valence-corrected chi connectivity index (χ1v) is 13.0. The number of carbonyl (C=O) groups excluding carboxylic acids is 3. The molecule has 0 spiro atoms. The molecular formula is C22H37N7O5S. The lowest BCUT2D eigenvalue weighted by Crippen LogP contribution is -2.58. The molecule has 0 radical (unpaired) electrons. The van der Waals surface area contributed by atoms with E-state index in [2.05, 4.69) is 15.4 Å². The zero-order valence-corrected chi connectivity index (χ0v) is 21.4. The highest BCUT2D eigenvalue weighted by atomic mass is 32.2. The Morgan fingerprint density at radius 1 is 1.09 bits per heavy atom. The van der Waals surface area contributed by atoms with Crippen LogP contribution in [0.25, 0.3) is 0 Å². The number of amidine groups is 1. The molecule has 8 N–H and O–H groups in total. The molecule has 0 aliphatic carbocycles. The predicted molar refractivity (Wildman–Crippen MR) is 134 cm³/mol. The van der Waals surface area contributed by atoms with Gasteiger partial charge in [0.05, 0.1) is 12.3 Å². The zero-order valence-electron chi connectivity index (χ0n) is 20.6. The molecule has 35 heavy (non-hydrogen) atoms. The second-order valence-corrected chi connectivity index (χ2v) is 10.3. The molecule has 0 bridgehead atoms. The van der Waals surface area contributed by atoms with E-state index in [1.54, 1.807) is 38.1 Å². The summed E-state index contributed by atoms with van der Waals surface area (Å²) in [7, 11) is -2.32. The number of sulfonamides is 1. The number of hydrogen-bond donors (Lipinski definition) is 6. The van der Waals surface area contributed by atoms with Crippen molar-refractivity contribution in [3.8, 4) is 0 Å². The first-order chi connectivity index (χ1) is 16.3. The third-order valence-corrected chi connectivity index (χ3v) is 7.03. The van der Waals surface area contributed by atoms with Crippen molar-refractivity contribution in [2.45, 2.75) is 52.2 Å². The molecule has 0 heterocycles. The third-order valence-electron chi connectivity index (χ3n) is 5.47. The maximum atomic E-state index is 13.1. The SMILES string of the molecule is CCCS(=O)(=O)N[C@@H](C(=O)N[C@@H](CN(C)C(N)=O)C(=O)NCc1ccc(C(=N)N)cc1)C(C)CC. The number of likely N-dealkylation sites (N-methyl/N-ethyl adjacent to an activating group) is 1. The van der Waals surface area contributed by atoms with Crippen molar-refractivity contribution in [2.24, 2.45) is 17.4 Å². The first kappa shape index (κ1) is 29.8. The second kappa shape index (κ2) is 13.6. The summed E-state index contributed by atoms with van der Waals surface area (Å²) in [5, 5.41) is 12.7. The number of benzene rings is 1. The van der Waals surface area contributed by atoms with E-state index < -0.39 is 40.0 Å². The Morgan fingerprint density at radius 3 is 2.17 bits per heavy atom. The van der Waals surface area contributed by atoms with Crippen molar-refractivity contribution in [2.75, 3.05) is 19.3 Å². The van der Waals surface area contributed by atoms with Gasteiger partial charge in [-0.3, -0.25) is 15.0 Å². The lowest BCUT2D eigenvalue weighted by atomic mass is 9.99. The van der Waals surface area contributed by atoms with Gasteiger partial charge in [0.2, 0.25) is 21.8 Å². The van der Waals surface area contributed by atoms with Gasteiger partial charge in [0, 0.05) is 19.2 Å². The molecule has 1 rings (SSSR count). The summed E-state index contributed by atoms with van der Waals surface area (Å²) in [4.78, 5) is 38.6. The molecule has 0 saturated carbocycles. The summed E-state index contributed by atoms with van der Waals surface area (Å²) in [5.41, 5.74) is 12.0. The topological polar surface area (TPSA) is 201 Å². The van der Waals surface area contributed by atoms with Gasteiger partial charge in [0.15, 0.2) is 0 Å². The molecule has 1 aromatic carbocycles. The van der Waals surface area contributed by atoms with E-state index in [9.17, 15) is 22.8 Å². The van der Waals surface area contributed by atoms with Gasteiger partial charge in [-0.1, -0.05) is 51.5 Å². The maximum Gasteiger partial charge on any atom is 0.314 e. The first-order valence-electron chi connectivity index (χ1n) is 11.3. The Kier molecular flexibility index (Phi) is 11.6. The van der Waals surface area contributed by atoms with Crippen LogP contribution in [0.4, 0.5) is 4.79 Å². The maximum absolute atomic E-state index is 13.1. The van der Waals surface area contributed by atoms with Crippen LogP contribution in [-0.4, -0.2) is 68.4 Å². The molecule has 3 atom stereocenters. The van der Waals surface area contributed by atoms with Crippen molar-refractivity contribution in [1.29, 1.82) is 5.41 Å². The van der Waals surface area contributed by atoms with Crippen LogP contribution < -0.4 is 26.8 Å². The van der Waals surface area contributed by atoms with Gasteiger partial charge in [-0.2, -0.15) is 0 Å². The summed E-state index contributed by atoms with van der Waals surface area (Å²) in [6, 6.07) is 3.61. The van der Waals surface area contributed by atoms with Crippen LogP contribution in [0.5, 0.6) is 0 Å². The van der Waals surface area contributed by atoms with E-state index in [0.29, 0.717) is 18.4 Å². The lowest BCUT2D eigenvalue weighted by molar-refractivity contribution is -0.130. The summed E-state index contributed by atoms with van der Waals surface area (Å²) < 4.78 is 27.1. The fourth-order valence-corrected chi connectivity index (χ4v) is 4.50. The number of nitrogens with zero attached hydrogens (tertiary/aromatic N) is 1. The van der Waals surface area contributed by atoms with Gasteiger partial charge >= 0.3 is 6.03 Å². The number of primary amides is 1. The van der Waals surface area contributed by atoms with Gasteiger partial charge in [-0.15, -0.1) is 0 Å². The summed E-state index contributed by atoms with van der Waals surface area (Å²) in [5.74, 6) is -1.82. The van der Waals surface area contributed by atoms with E-state index in [-0.39, 0.29) is 30.6 Å². The molecular weight excluding hydrogens is 474 g/mol. The van der Waals surface area contributed by atoms with E-state index in [0.717, 1.165) is 10.5 Å². The number of rotatable bonds is 14. The van der Waals surface area contributed by atoms with Gasteiger partial charge in [0.25, 0.3) is 0 Å². The lowest BCUT2D eigenvalue weighted by Gasteiger charge is -2.28. The van der Waals surface area contributed by atoms with Crippen LogP contribution in [0.3, 0.4) is 0 Å². The van der Waals surface area contributed by atoms with E-state index in [1.807, 2.05) is 6.92 Å². The minimum atomic E-state index is -3.70. The second-order valence-electron chi connectivity index (χ2n) is 8.41. The van der Waals surface area contributed by atoms with Crippen LogP contribution in [0.2, 0.25) is 0 Å². The highest BCUT2D eigenvalue weighted by molar-refractivity contribution is 7.89. The molecule has 0 aromatic heterocycles. The van der Waals surface area contributed by atoms with Gasteiger partial charge in [-0.05, 0) is 17.9 Å². The highest BCUT2D eigenvalue weighted by Crippen LogP contribution is 2.11. The number of hydrogen-bond acceptors (Lipinski definition) is 6. The smallest absolute Gasteiger partial charge is 0.314 e. The molecule has 0 aliphatic heterocycles. The van der Waals surface area contributed by atoms with E-state index in [4.69, 9.17) is 16.9 Å². The monoisotopic (exact) mass is 511 g/mol. The number of nitrogens with two attached hydrogens (primary N) is 2. The van der Waals surface area contributed by atoms with Crippen molar-refractivity contribution in [1.82, 2.24) is 20.3 Å². The normalized spacial score (nSPS) is 13.8. The number of nitrogens with one attached hydrogen (secondary N) is 4. The summed E-state index contributed by atoms with van der Waals surface area (Å²) >= 11 is 0. The Labute approximate surface area is 206 Å². The van der Waals surface area contributed by atoms with Gasteiger partial charge in [0.1, 0.15) is 17.9 Å². The van der Waals surface area contributed by atoms with Crippen molar-refractivity contribution in [3.63, 3.8) is 0 Å². The Balaban J connectivity index is 3.04. The van der Waals surface area contributed by atoms with Crippen molar-refractivity contribution < 1.29 is 22.8 Å².